The van der Waals surface area contributed by atoms with E-state index in [2.05, 4.69) is 29.2 Å². The van der Waals surface area contributed by atoms with E-state index in [0.29, 0.717) is 0 Å². The summed E-state index contributed by atoms with van der Waals surface area (Å²) in [5.41, 5.74) is 8.09. The van der Waals surface area contributed by atoms with Crippen molar-refractivity contribution in [1.29, 1.82) is 0 Å². The molecule has 0 unspecified atom stereocenters. The summed E-state index contributed by atoms with van der Waals surface area (Å²) in [5, 5.41) is 0. The summed E-state index contributed by atoms with van der Waals surface area (Å²) < 4.78 is 0. The highest BCUT2D eigenvalue weighted by Crippen LogP contribution is 2.33. The van der Waals surface area contributed by atoms with Gasteiger partial charge in [-0.3, -0.25) is 9.69 Å². The van der Waals surface area contributed by atoms with Gasteiger partial charge in [0.25, 0.3) is 0 Å². The van der Waals surface area contributed by atoms with E-state index < -0.39 is 0 Å². The van der Waals surface area contributed by atoms with Crippen LogP contribution in [-0.2, 0) is 11.3 Å². The highest BCUT2D eigenvalue weighted by Gasteiger charge is 2.37. The Bertz CT molecular complexity index is 597. The van der Waals surface area contributed by atoms with Crippen LogP contribution in [0.1, 0.15) is 17.0 Å². The Morgan fingerprint density at radius 2 is 1.62 bits per heavy atom. The van der Waals surface area contributed by atoms with Gasteiger partial charge in [0.1, 0.15) is 0 Å². The van der Waals surface area contributed by atoms with E-state index >= 15 is 0 Å². The summed E-state index contributed by atoms with van der Waals surface area (Å²) >= 11 is 0. The minimum Gasteiger partial charge on any atom is -0.369 e. The van der Waals surface area contributed by atoms with Gasteiger partial charge in [-0.2, -0.15) is 0 Å². The van der Waals surface area contributed by atoms with Gasteiger partial charge in [0.05, 0.1) is 5.92 Å². The van der Waals surface area contributed by atoms with Crippen LogP contribution in [0, 0.1) is 5.92 Å². The van der Waals surface area contributed by atoms with Gasteiger partial charge in [-0.1, -0.05) is 60.7 Å². The minimum atomic E-state index is -0.195. The first-order chi connectivity index (χ1) is 10.2. The lowest BCUT2D eigenvalue weighted by Gasteiger charge is -2.16. The van der Waals surface area contributed by atoms with E-state index in [-0.39, 0.29) is 17.7 Å². The van der Waals surface area contributed by atoms with Crippen LogP contribution in [-0.4, -0.2) is 23.9 Å². The van der Waals surface area contributed by atoms with Crippen molar-refractivity contribution in [3.8, 4) is 0 Å². The van der Waals surface area contributed by atoms with Crippen molar-refractivity contribution >= 4 is 5.91 Å². The maximum Gasteiger partial charge on any atom is 0.222 e. The predicted molar refractivity (Wildman–Crippen MR) is 83.6 cm³/mol. The third-order valence-electron chi connectivity index (χ3n) is 4.24. The van der Waals surface area contributed by atoms with E-state index in [1.807, 2.05) is 36.4 Å². The molecule has 3 nitrogen and oxygen atoms in total. The van der Waals surface area contributed by atoms with Crippen LogP contribution in [0.2, 0.25) is 0 Å². The molecule has 2 aromatic carbocycles. The molecule has 0 spiro atoms. The Morgan fingerprint density at radius 1 is 1.00 bits per heavy atom. The summed E-state index contributed by atoms with van der Waals surface area (Å²) in [5.74, 6) is -0.0945. The zero-order valence-electron chi connectivity index (χ0n) is 12.0. The zero-order valence-corrected chi connectivity index (χ0v) is 12.0. The normalized spacial score (nSPS) is 22.3. The first kappa shape index (κ1) is 13.8. The third-order valence-corrected chi connectivity index (χ3v) is 4.24. The number of nitrogens with zero attached hydrogens (tertiary/aromatic N) is 1. The van der Waals surface area contributed by atoms with Gasteiger partial charge in [-0.05, 0) is 11.1 Å². The van der Waals surface area contributed by atoms with Gasteiger partial charge in [-0.15, -0.1) is 0 Å². The highest BCUT2D eigenvalue weighted by atomic mass is 16.1. The van der Waals surface area contributed by atoms with Gasteiger partial charge in [-0.25, -0.2) is 0 Å². The van der Waals surface area contributed by atoms with Crippen molar-refractivity contribution in [1.82, 2.24) is 4.90 Å². The number of rotatable bonds is 4. The molecule has 0 aromatic heterocycles. The standard InChI is InChI=1S/C18H20N2O/c19-18(21)17-13-20(11-14-7-3-1-4-8-14)12-16(17)15-9-5-2-6-10-15/h1-10,16-17H,11-13H2,(H2,19,21)/t16-,17-/m0/s1. The number of nitrogens with two attached hydrogens (primary N) is 1. The molecule has 21 heavy (non-hydrogen) atoms. The number of carbonyl (C=O) groups excluding carboxylic acids is 1. The first-order valence-corrected chi connectivity index (χ1v) is 7.34. The Labute approximate surface area is 125 Å². The zero-order chi connectivity index (χ0) is 14.7. The van der Waals surface area contributed by atoms with Gasteiger partial charge in [0.15, 0.2) is 0 Å². The topological polar surface area (TPSA) is 46.3 Å². The summed E-state index contributed by atoms with van der Waals surface area (Å²) in [6.07, 6.45) is 0. The van der Waals surface area contributed by atoms with E-state index in [1.165, 1.54) is 11.1 Å². The van der Waals surface area contributed by atoms with E-state index in [0.717, 1.165) is 19.6 Å². The summed E-state index contributed by atoms with van der Waals surface area (Å²) in [7, 11) is 0. The average Bonchev–Trinajstić information content (AvgIpc) is 2.93. The number of likely N-dealkylation sites (tertiary alicyclic amines) is 1. The molecular formula is C18H20N2O. The molecule has 1 aliphatic rings. The summed E-state index contributed by atoms with van der Waals surface area (Å²) in [6.45, 7) is 2.49. The quantitative estimate of drug-likeness (QED) is 0.934. The predicted octanol–water partition coefficient (Wildman–Crippen LogP) is 2.39. The highest BCUT2D eigenvalue weighted by molar-refractivity contribution is 5.78. The second-order valence-corrected chi connectivity index (χ2v) is 5.71. The van der Waals surface area contributed by atoms with Crippen molar-refractivity contribution in [3.05, 3.63) is 71.8 Å². The molecular weight excluding hydrogens is 260 g/mol. The van der Waals surface area contributed by atoms with Crippen molar-refractivity contribution in [2.24, 2.45) is 11.7 Å². The second-order valence-electron chi connectivity index (χ2n) is 5.71. The number of hydrogen-bond donors (Lipinski definition) is 1. The number of amides is 1. The number of hydrogen-bond acceptors (Lipinski definition) is 2. The van der Waals surface area contributed by atoms with E-state index in [4.69, 9.17) is 5.73 Å². The molecule has 1 amide bonds. The molecule has 1 fully saturated rings. The fourth-order valence-electron chi connectivity index (χ4n) is 3.18. The molecule has 3 rings (SSSR count). The van der Waals surface area contributed by atoms with Crippen molar-refractivity contribution in [3.63, 3.8) is 0 Å². The van der Waals surface area contributed by atoms with Crippen LogP contribution < -0.4 is 5.73 Å². The summed E-state index contributed by atoms with van der Waals surface area (Å²) in [4.78, 5) is 14.1. The first-order valence-electron chi connectivity index (χ1n) is 7.34. The fraction of sp³-hybridized carbons (Fsp3) is 0.278. The average molecular weight is 280 g/mol. The SMILES string of the molecule is NC(=O)[C@H]1CN(Cc2ccccc2)C[C@H]1c1ccccc1. The van der Waals surface area contributed by atoms with Gasteiger partial charge in [0, 0.05) is 25.6 Å². The lowest BCUT2D eigenvalue weighted by molar-refractivity contribution is -0.121. The molecule has 0 saturated carbocycles. The smallest absolute Gasteiger partial charge is 0.222 e. The molecule has 2 N–H and O–H groups in total. The largest absolute Gasteiger partial charge is 0.369 e. The van der Waals surface area contributed by atoms with E-state index in [9.17, 15) is 4.79 Å². The maximum atomic E-state index is 11.8. The molecule has 2 atom stereocenters. The molecule has 1 heterocycles. The molecule has 0 radical (unpaired) electrons. The number of primary amides is 1. The van der Waals surface area contributed by atoms with Crippen molar-refractivity contribution in [2.75, 3.05) is 13.1 Å². The van der Waals surface area contributed by atoms with E-state index in [1.54, 1.807) is 0 Å². The second kappa shape index (κ2) is 6.10. The van der Waals surface area contributed by atoms with Gasteiger partial charge < -0.3 is 5.73 Å². The lowest BCUT2D eigenvalue weighted by atomic mass is 9.89. The van der Waals surface area contributed by atoms with Crippen LogP contribution in [0.25, 0.3) is 0 Å². The number of carbonyl (C=O) groups is 1. The third kappa shape index (κ3) is 3.14. The molecule has 0 aliphatic carbocycles. The van der Waals surface area contributed by atoms with Crippen LogP contribution in [0.15, 0.2) is 60.7 Å². The molecule has 2 aromatic rings. The van der Waals surface area contributed by atoms with Crippen LogP contribution in [0.4, 0.5) is 0 Å². The van der Waals surface area contributed by atoms with Crippen molar-refractivity contribution in [2.45, 2.75) is 12.5 Å². The number of benzene rings is 2. The van der Waals surface area contributed by atoms with Crippen LogP contribution in [0.3, 0.4) is 0 Å². The minimum absolute atomic E-state index is 0.101. The monoisotopic (exact) mass is 280 g/mol. The Kier molecular flexibility index (Phi) is 4.02. The Morgan fingerprint density at radius 3 is 2.24 bits per heavy atom. The molecule has 1 saturated heterocycles. The Balaban J connectivity index is 1.77. The molecule has 1 aliphatic heterocycles. The molecule has 108 valence electrons. The molecule has 3 heteroatoms. The van der Waals surface area contributed by atoms with Crippen LogP contribution >= 0.6 is 0 Å². The van der Waals surface area contributed by atoms with Crippen molar-refractivity contribution < 1.29 is 4.79 Å². The van der Waals surface area contributed by atoms with Crippen LogP contribution in [0.5, 0.6) is 0 Å². The summed E-state index contributed by atoms with van der Waals surface area (Å²) in [6, 6.07) is 20.6. The maximum absolute atomic E-state index is 11.8. The lowest BCUT2D eigenvalue weighted by Crippen LogP contribution is -2.29. The Hall–Kier alpha value is -2.13. The van der Waals surface area contributed by atoms with Gasteiger partial charge >= 0.3 is 0 Å². The van der Waals surface area contributed by atoms with Gasteiger partial charge in [0.2, 0.25) is 5.91 Å². The molecule has 0 bridgehead atoms. The fourth-order valence-corrected chi connectivity index (χ4v) is 3.18.